The molecule has 0 spiro atoms. The topological polar surface area (TPSA) is 59.2 Å². The van der Waals surface area contributed by atoms with E-state index in [0.29, 0.717) is 22.2 Å². The highest BCUT2D eigenvalue weighted by Crippen LogP contribution is 2.25. The first kappa shape index (κ1) is 13.3. The molecule has 96 valence electrons. The Morgan fingerprint density at radius 2 is 2.22 bits per heavy atom. The van der Waals surface area contributed by atoms with Gasteiger partial charge in [-0.05, 0) is 19.1 Å². The fourth-order valence-corrected chi connectivity index (χ4v) is 3.50. The van der Waals surface area contributed by atoms with E-state index in [-0.39, 0.29) is 5.91 Å². The number of nitrogens with two attached hydrogens (primary N) is 1. The predicted octanol–water partition coefficient (Wildman–Crippen LogP) is 3.02. The number of aromatic nitrogens is 1. The maximum Gasteiger partial charge on any atom is 0.265 e. The van der Waals surface area contributed by atoms with Crippen molar-refractivity contribution in [2.75, 3.05) is 12.8 Å². The maximum absolute atomic E-state index is 12.2. The number of aryl methyl sites for hydroxylation is 1. The molecule has 0 saturated carbocycles. The number of amides is 1. The molecule has 0 atom stereocenters. The van der Waals surface area contributed by atoms with Crippen LogP contribution < -0.4 is 5.73 Å². The van der Waals surface area contributed by atoms with Gasteiger partial charge in [0.25, 0.3) is 5.91 Å². The zero-order valence-electron chi connectivity index (χ0n) is 9.94. The lowest BCUT2D eigenvalue weighted by molar-refractivity contribution is 0.0790. The van der Waals surface area contributed by atoms with E-state index in [1.54, 1.807) is 18.9 Å². The highest BCUT2D eigenvalue weighted by Gasteiger charge is 2.18. The Bertz CT molecular complexity index is 579. The lowest BCUT2D eigenvalue weighted by Crippen LogP contribution is -2.25. The maximum atomic E-state index is 12.2. The van der Waals surface area contributed by atoms with Crippen molar-refractivity contribution in [2.45, 2.75) is 13.5 Å². The van der Waals surface area contributed by atoms with Crippen molar-refractivity contribution in [3.8, 4) is 0 Å². The van der Waals surface area contributed by atoms with Gasteiger partial charge in [-0.25, -0.2) is 4.98 Å². The van der Waals surface area contributed by atoms with Crippen LogP contribution in [-0.2, 0) is 6.54 Å². The van der Waals surface area contributed by atoms with Crippen LogP contribution in [0, 0.1) is 6.92 Å². The van der Waals surface area contributed by atoms with Crippen molar-refractivity contribution in [1.29, 1.82) is 0 Å². The van der Waals surface area contributed by atoms with Gasteiger partial charge in [0, 0.05) is 11.9 Å². The Morgan fingerprint density at radius 3 is 2.72 bits per heavy atom. The van der Waals surface area contributed by atoms with E-state index in [0.717, 1.165) is 9.21 Å². The van der Waals surface area contributed by atoms with Crippen LogP contribution >= 0.6 is 34.3 Å². The third kappa shape index (κ3) is 2.82. The summed E-state index contributed by atoms with van der Waals surface area (Å²) in [4.78, 5) is 19.5. The summed E-state index contributed by atoms with van der Waals surface area (Å²) in [5, 5.41) is 0.420. The average Bonchev–Trinajstić information content (AvgIpc) is 2.84. The fraction of sp³-hybridized carbons (Fsp3) is 0.273. The fourth-order valence-electron chi connectivity index (χ4n) is 1.53. The summed E-state index contributed by atoms with van der Waals surface area (Å²) in [6.45, 7) is 2.32. The number of thiazole rings is 1. The van der Waals surface area contributed by atoms with Crippen molar-refractivity contribution in [2.24, 2.45) is 0 Å². The molecule has 1 amide bonds. The first-order valence-corrected chi connectivity index (χ1v) is 7.21. The zero-order chi connectivity index (χ0) is 13.3. The van der Waals surface area contributed by atoms with Crippen molar-refractivity contribution in [1.82, 2.24) is 9.88 Å². The van der Waals surface area contributed by atoms with Gasteiger partial charge in [-0.1, -0.05) is 22.9 Å². The van der Waals surface area contributed by atoms with Crippen LogP contribution in [0.15, 0.2) is 12.1 Å². The SMILES string of the molecule is Cc1nc(N)sc1C(=O)N(C)Cc1ccc(Cl)s1. The molecule has 0 aromatic carbocycles. The van der Waals surface area contributed by atoms with Crippen LogP contribution in [0.25, 0.3) is 0 Å². The highest BCUT2D eigenvalue weighted by molar-refractivity contribution is 7.17. The summed E-state index contributed by atoms with van der Waals surface area (Å²) in [6, 6.07) is 3.75. The molecule has 0 unspecified atom stereocenters. The summed E-state index contributed by atoms with van der Waals surface area (Å²) in [6.07, 6.45) is 0. The van der Waals surface area contributed by atoms with Gasteiger partial charge in [0.15, 0.2) is 5.13 Å². The number of anilines is 1. The number of hydrogen-bond donors (Lipinski definition) is 1. The molecule has 2 N–H and O–H groups in total. The summed E-state index contributed by atoms with van der Waals surface area (Å²) in [7, 11) is 1.76. The molecule has 2 heterocycles. The number of halogens is 1. The number of carbonyl (C=O) groups excluding carboxylic acids is 1. The Hall–Kier alpha value is -1.11. The Kier molecular flexibility index (Phi) is 3.89. The van der Waals surface area contributed by atoms with Crippen molar-refractivity contribution < 1.29 is 4.79 Å². The smallest absolute Gasteiger partial charge is 0.265 e. The zero-order valence-corrected chi connectivity index (χ0v) is 12.3. The Labute approximate surface area is 118 Å². The lowest BCUT2D eigenvalue weighted by atomic mass is 10.3. The molecule has 0 aliphatic heterocycles. The Morgan fingerprint density at radius 1 is 1.50 bits per heavy atom. The van der Waals surface area contributed by atoms with E-state index in [4.69, 9.17) is 17.3 Å². The summed E-state index contributed by atoms with van der Waals surface area (Å²) in [5.41, 5.74) is 6.27. The van der Waals surface area contributed by atoms with Crippen LogP contribution in [0.1, 0.15) is 20.2 Å². The van der Waals surface area contributed by atoms with Crippen molar-refractivity contribution in [3.05, 3.63) is 31.9 Å². The normalized spacial score (nSPS) is 10.6. The molecule has 4 nitrogen and oxygen atoms in total. The minimum absolute atomic E-state index is 0.0637. The van der Waals surface area contributed by atoms with E-state index in [1.807, 2.05) is 12.1 Å². The predicted molar refractivity (Wildman–Crippen MR) is 76.4 cm³/mol. The number of carbonyl (C=O) groups is 1. The molecule has 0 aliphatic carbocycles. The molecule has 18 heavy (non-hydrogen) atoms. The number of nitrogen functional groups attached to an aromatic ring is 1. The van der Waals surface area contributed by atoms with Gasteiger partial charge in [-0.3, -0.25) is 4.79 Å². The van der Waals surface area contributed by atoms with Crippen LogP contribution in [-0.4, -0.2) is 22.8 Å². The van der Waals surface area contributed by atoms with Gasteiger partial charge in [0.2, 0.25) is 0 Å². The molecule has 0 aliphatic rings. The van der Waals surface area contributed by atoms with Gasteiger partial charge >= 0.3 is 0 Å². The lowest BCUT2D eigenvalue weighted by Gasteiger charge is -2.15. The molecule has 2 rings (SSSR count). The molecule has 0 fully saturated rings. The second-order valence-electron chi connectivity index (χ2n) is 3.83. The summed E-state index contributed by atoms with van der Waals surface area (Å²) in [5.74, 6) is -0.0637. The summed E-state index contributed by atoms with van der Waals surface area (Å²) < 4.78 is 0.726. The van der Waals surface area contributed by atoms with E-state index in [1.165, 1.54) is 22.7 Å². The van der Waals surface area contributed by atoms with Gasteiger partial charge in [-0.15, -0.1) is 11.3 Å². The van der Waals surface area contributed by atoms with Crippen LogP contribution in [0.4, 0.5) is 5.13 Å². The largest absolute Gasteiger partial charge is 0.375 e. The highest BCUT2D eigenvalue weighted by atomic mass is 35.5. The minimum Gasteiger partial charge on any atom is -0.375 e. The van der Waals surface area contributed by atoms with E-state index < -0.39 is 0 Å². The molecule has 2 aromatic heterocycles. The van der Waals surface area contributed by atoms with Gasteiger partial charge in [-0.2, -0.15) is 0 Å². The van der Waals surface area contributed by atoms with Gasteiger partial charge < -0.3 is 10.6 Å². The van der Waals surface area contributed by atoms with E-state index in [2.05, 4.69) is 4.98 Å². The minimum atomic E-state index is -0.0637. The molecule has 0 saturated heterocycles. The monoisotopic (exact) mass is 301 g/mol. The molecular formula is C11H12ClN3OS2. The second-order valence-corrected chi connectivity index (χ2v) is 6.66. The number of hydrogen-bond acceptors (Lipinski definition) is 5. The second kappa shape index (κ2) is 5.26. The molecule has 7 heteroatoms. The quantitative estimate of drug-likeness (QED) is 0.948. The average molecular weight is 302 g/mol. The van der Waals surface area contributed by atoms with Gasteiger partial charge in [0.05, 0.1) is 16.6 Å². The van der Waals surface area contributed by atoms with Crippen molar-refractivity contribution >= 4 is 45.3 Å². The van der Waals surface area contributed by atoms with Crippen molar-refractivity contribution in [3.63, 3.8) is 0 Å². The number of thiophene rings is 1. The third-order valence-electron chi connectivity index (χ3n) is 2.38. The molecule has 2 aromatic rings. The first-order valence-electron chi connectivity index (χ1n) is 5.20. The first-order chi connectivity index (χ1) is 8.47. The van der Waals surface area contributed by atoms with Crippen LogP contribution in [0.3, 0.4) is 0 Å². The van der Waals surface area contributed by atoms with E-state index in [9.17, 15) is 4.79 Å². The Balaban J connectivity index is 2.11. The molecule has 0 radical (unpaired) electrons. The number of nitrogens with zero attached hydrogens (tertiary/aromatic N) is 2. The van der Waals surface area contributed by atoms with E-state index >= 15 is 0 Å². The van der Waals surface area contributed by atoms with Crippen LogP contribution in [0.2, 0.25) is 4.34 Å². The van der Waals surface area contributed by atoms with Gasteiger partial charge in [0.1, 0.15) is 4.88 Å². The standard InChI is InChI=1S/C11H12ClN3OS2/c1-6-9(18-11(13)14-6)10(16)15(2)5-7-3-4-8(12)17-7/h3-4H,5H2,1-2H3,(H2,13,14). The molecular weight excluding hydrogens is 290 g/mol. The third-order valence-corrected chi connectivity index (χ3v) is 4.57. The van der Waals surface area contributed by atoms with Crippen LogP contribution in [0.5, 0.6) is 0 Å². The number of rotatable bonds is 3. The summed E-state index contributed by atoms with van der Waals surface area (Å²) >= 11 is 8.55. The molecule has 0 bridgehead atoms.